The molecule has 9 nitrogen and oxygen atoms in total. The Bertz CT molecular complexity index is 1460. The Morgan fingerprint density at radius 2 is 1.91 bits per heavy atom. The van der Waals surface area contributed by atoms with E-state index in [0.717, 1.165) is 22.4 Å². The fourth-order valence-electron chi connectivity index (χ4n) is 4.29. The first-order chi connectivity index (χ1) is 16.9. The number of fused-ring (bicyclic) bond motifs is 1. The van der Waals surface area contributed by atoms with Crippen LogP contribution in [-0.2, 0) is 6.54 Å². The molecule has 1 amide bonds. The fraction of sp³-hybridized carbons (Fsp3) is 0.192. The Morgan fingerprint density at radius 3 is 2.66 bits per heavy atom. The minimum atomic E-state index is -1.00. The smallest absolute Gasteiger partial charge is 0.335 e. The van der Waals surface area contributed by atoms with Crippen LogP contribution in [0.2, 0.25) is 0 Å². The van der Waals surface area contributed by atoms with Crippen molar-refractivity contribution in [2.45, 2.75) is 26.4 Å². The number of hydrogen-bond acceptors (Lipinski definition) is 6. The lowest BCUT2D eigenvalue weighted by molar-refractivity contribution is 0.0696. The molecule has 1 aliphatic heterocycles. The molecule has 0 bridgehead atoms. The van der Waals surface area contributed by atoms with Gasteiger partial charge in [-0.2, -0.15) is 0 Å². The average Bonchev–Trinajstić information content (AvgIpc) is 3.49. The van der Waals surface area contributed by atoms with E-state index < -0.39 is 5.97 Å². The van der Waals surface area contributed by atoms with Gasteiger partial charge in [-0.05, 0) is 61.4 Å². The van der Waals surface area contributed by atoms with Crippen molar-refractivity contribution in [1.82, 2.24) is 19.7 Å². The second-order valence-electron chi connectivity index (χ2n) is 8.62. The third-order valence-corrected chi connectivity index (χ3v) is 6.13. The van der Waals surface area contributed by atoms with Crippen molar-refractivity contribution in [2.24, 2.45) is 0 Å². The molecule has 4 aromatic rings. The Kier molecular flexibility index (Phi) is 5.52. The van der Waals surface area contributed by atoms with Gasteiger partial charge >= 0.3 is 5.97 Å². The van der Waals surface area contributed by atoms with Gasteiger partial charge in [0.1, 0.15) is 17.8 Å². The molecule has 5 rings (SSSR count). The van der Waals surface area contributed by atoms with Gasteiger partial charge in [0.25, 0.3) is 5.91 Å². The summed E-state index contributed by atoms with van der Waals surface area (Å²) in [4.78, 5) is 31.3. The van der Waals surface area contributed by atoms with E-state index >= 15 is 0 Å². The molecular formula is C26H24N6O3. The van der Waals surface area contributed by atoms with Crippen molar-refractivity contribution < 1.29 is 14.7 Å². The molecule has 0 spiro atoms. The number of nitrogens with zero attached hydrogens (tertiary/aromatic N) is 5. The second kappa shape index (κ2) is 8.68. The molecule has 3 heterocycles. The molecule has 0 atom stereocenters. The van der Waals surface area contributed by atoms with Gasteiger partial charge in [0.15, 0.2) is 5.82 Å². The van der Waals surface area contributed by atoms with Gasteiger partial charge in [-0.1, -0.05) is 18.2 Å². The summed E-state index contributed by atoms with van der Waals surface area (Å²) in [6.07, 6.45) is 1.67. The van der Waals surface area contributed by atoms with E-state index in [1.807, 2.05) is 48.7 Å². The first-order valence-electron chi connectivity index (χ1n) is 11.2. The lowest BCUT2D eigenvalue weighted by Gasteiger charge is -2.16. The molecule has 0 saturated heterocycles. The monoisotopic (exact) mass is 468 g/mol. The Labute approximate surface area is 202 Å². The lowest BCUT2D eigenvalue weighted by Crippen LogP contribution is -2.24. The number of amides is 1. The number of anilines is 2. The maximum Gasteiger partial charge on any atom is 0.335 e. The molecule has 2 aromatic carbocycles. The standard InChI is InChI=1S/C26H24N6O3/c1-15(2)32-14-28-30-24(32)22-5-4-6-23(29-22)31-13-18-8-7-16(11-20(18)25(31)33)19-12-17(26(34)35)9-10-21(19)27-3/h4-12,14-15,27H,13H2,1-3H3,(H,34,35). The quantitative estimate of drug-likeness (QED) is 0.429. The molecule has 35 heavy (non-hydrogen) atoms. The highest BCUT2D eigenvalue weighted by molar-refractivity contribution is 6.10. The third kappa shape index (κ3) is 3.90. The highest BCUT2D eigenvalue weighted by Crippen LogP contribution is 2.35. The number of pyridine rings is 1. The Balaban J connectivity index is 1.50. The van der Waals surface area contributed by atoms with Crippen LogP contribution in [0.4, 0.5) is 11.5 Å². The summed E-state index contributed by atoms with van der Waals surface area (Å²) in [5.74, 6) is 0.0207. The number of carbonyl (C=O) groups excluding carboxylic acids is 1. The van der Waals surface area contributed by atoms with E-state index in [1.54, 1.807) is 42.5 Å². The summed E-state index contributed by atoms with van der Waals surface area (Å²) in [5.41, 5.74) is 4.54. The minimum absolute atomic E-state index is 0.155. The van der Waals surface area contributed by atoms with Crippen molar-refractivity contribution in [3.8, 4) is 22.6 Å². The third-order valence-electron chi connectivity index (χ3n) is 6.13. The maximum atomic E-state index is 13.4. The predicted molar refractivity (Wildman–Crippen MR) is 133 cm³/mol. The maximum absolute atomic E-state index is 13.4. The number of aromatic carboxylic acids is 1. The SMILES string of the molecule is CNc1ccc(C(=O)O)cc1-c1ccc2c(c1)C(=O)N(c1cccc(-c3nncn3C(C)C)n1)C2. The molecule has 1 aliphatic rings. The fourth-order valence-corrected chi connectivity index (χ4v) is 4.29. The number of aromatic nitrogens is 4. The minimum Gasteiger partial charge on any atom is -0.478 e. The van der Waals surface area contributed by atoms with E-state index in [9.17, 15) is 14.7 Å². The zero-order valence-electron chi connectivity index (χ0n) is 19.6. The number of benzene rings is 2. The van der Waals surface area contributed by atoms with Gasteiger partial charge < -0.3 is 15.0 Å². The van der Waals surface area contributed by atoms with Crippen LogP contribution in [0, 0.1) is 0 Å². The van der Waals surface area contributed by atoms with Crippen molar-refractivity contribution >= 4 is 23.4 Å². The highest BCUT2D eigenvalue weighted by Gasteiger charge is 2.30. The molecule has 0 fully saturated rings. The molecule has 9 heteroatoms. The number of rotatable bonds is 6. The van der Waals surface area contributed by atoms with E-state index in [2.05, 4.69) is 15.5 Å². The van der Waals surface area contributed by atoms with Crippen LogP contribution in [-0.4, -0.2) is 43.8 Å². The molecule has 2 N–H and O–H groups in total. The number of carboxylic acids is 1. The van der Waals surface area contributed by atoms with Gasteiger partial charge in [0.05, 0.1) is 12.1 Å². The second-order valence-corrected chi connectivity index (χ2v) is 8.62. The number of hydrogen-bond donors (Lipinski definition) is 2. The average molecular weight is 469 g/mol. The summed E-state index contributed by atoms with van der Waals surface area (Å²) in [5, 5.41) is 20.7. The van der Waals surface area contributed by atoms with Crippen LogP contribution in [0.1, 0.15) is 46.2 Å². The summed E-state index contributed by atoms with van der Waals surface area (Å²) >= 11 is 0. The van der Waals surface area contributed by atoms with Crippen LogP contribution in [0.5, 0.6) is 0 Å². The summed E-state index contributed by atoms with van der Waals surface area (Å²) in [6, 6.07) is 16.2. The van der Waals surface area contributed by atoms with Crippen molar-refractivity contribution in [1.29, 1.82) is 0 Å². The van der Waals surface area contributed by atoms with E-state index in [0.29, 0.717) is 29.4 Å². The Morgan fingerprint density at radius 1 is 1.09 bits per heavy atom. The first-order valence-corrected chi connectivity index (χ1v) is 11.2. The van der Waals surface area contributed by atoms with E-state index in [-0.39, 0.29) is 17.5 Å². The van der Waals surface area contributed by atoms with Gasteiger partial charge in [0.2, 0.25) is 0 Å². The van der Waals surface area contributed by atoms with Crippen molar-refractivity contribution in [2.75, 3.05) is 17.3 Å². The summed E-state index contributed by atoms with van der Waals surface area (Å²) < 4.78 is 1.93. The normalized spacial score (nSPS) is 12.8. The van der Waals surface area contributed by atoms with E-state index in [1.165, 1.54) is 0 Å². The van der Waals surface area contributed by atoms with Crippen LogP contribution >= 0.6 is 0 Å². The zero-order valence-corrected chi connectivity index (χ0v) is 19.6. The number of carboxylic acid groups (broad SMARTS) is 1. The topological polar surface area (TPSA) is 113 Å². The molecule has 0 saturated carbocycles. The molecule has 0 unspecified atom stereocenters. The van der Waals surface area contributed by atoms with Crippen LogP contribution < -0.4 is 10.2 Å². The van der Waals surface area contributed by atoms with Gasteiger partial charge in [0, 0.05) is 29.9 Å². The highest BCUT2D eigenvalue weighted by atomic mass is 16.4. The predicted octanol–water partition coefficient (Wildman–Crippen LogP) is 4.49. The summed E-state index contributed by atoms with van der Waals surface area (Å²) in [7, 11) is 1.78. The van der Waals surface area contributed by atoms with Crippen LogP contribution in [0.3, 0.4) is 0 Å². The molecular weight excluding hydrogens is 444 g/mol. The largest absolute Gasteiger partial charge is 0.478 e. The molecule has 176 valence electrons. The van der Waals surface area contributed by atoms with Crippen LogP contribution in [0.25, 0.3) is 22.6 Å². The summed E-state index contributed by atoms with van der Waals surface area (Å²) in [6.45, 7) is 4.48. The Hall–Kier alpha value is -4.53. The van der Waals surface area contributed by atoms with Crippen molar-refractivity contribution in [3.63, 3.8) is 0 Å². The lowest BCUT2D eigenvalue weighted by atomic mass is 9.97. The van der Waals surface area contributed by atoms with Crippen molar-refractivity contribution in [3.05, 3.63) is 77.6 Å². The zero-order chi connectivity index (χ0) is 24.7. The van der Waals surface area contributed by atoms with Crippen LogP contribution in [0.15, 0.2) is 60.9 Å². The number of carbonyl (C=O) groups is 2. The molecule has 0 aliphatic carbocycles. The number of nitrogens with one attached hydrogen (secondary N) is 1. The van der Waals surface area contributed by atoms with Gasteiger partial charge in [-0.25, -0.2) is 9.78 Å². The molecule has 2 aromatic heterocycles. The first kappa shape index (κ1) is 22.3. The van der Waals surface area contributed by atoms with Gasteiger partial charge in [-0.15, -0.1) is 10.2 Å². The molecule has 0 radical (unpaired) electrons. The van der Waals surface area contributed by atoms with E-state index in [4.69, 9.17) is 4.98 Å². The van der Waals surface area contributed by atoms with Gasteiger partial charge in [-0.3, -0.25) is 9.69 Å².